The van der Waals surface area contributed by atoms with Gasteiger partial charge in [0.2, 0.25) is 0 Å². The summed E-state index contributed by atoms with van der Waals surface area (Å²) in [7, 11) is 0. The van der Waals surface area contributed by atoms with E-state index in [1.807, 2.05) is 28.2 Å². The number of rotatable bonds is 4. The quantitative estimate of drug-likeness (QED) is 0.795. The maximum Gasteiger partial charge on any atom is 0.193 e. The molecule has 0 aliphatic carbocycles. The first-order chi connectivity index (χ1) is 9.20. The fourth-order valence-corrected chi connectivity index (χ4v) is 2.90. The fourth-order valence-electron chi connectivity index (χ4n) is 2.18. The van der Waals surface area contributed by atoms with Crippen LogP contribution in [0.5, 0.6) is 0 Å². The molecule has 98 valence electrons. The smallest absolute Gasteiger partial charge is 0.193 e. The van der Waals surface area contributed by atoms with Crippen LogP contribution < -0.4 is 5.73 Å². The van der Waals surface area contributed by atoms with Crippen LogP contribution in [0.15, 0.2) is 42.0 Å². The zero-order valence-corrected chi connectivity index (χ0v) is 11.1. The van der Waals surface area contributed by atoms with E-state index in [0.29, 0.717) is 12.8 Å². The number of aromatic nitrogens is 2. The first kappa shape index (κ1) is 12.3. The summed E-state index contributed by atoms with van der Waals surface area (Å²) in [6, 6.07) is 6.54. The highest BCUT2D eigenvalue weighted by Gasteiger charge is 2.09. The molecular weight excluding hydrogens is 261 g/mol. The molecule has 19 heavy (non-hydrogen) atoms. The predicted molar refractivity (Wildman–Crippen MR) is 74.9 cm³/mol. The molecule has 0 bridgehead atoms. The number of benzene rings is 1. The van der Waals surface area contributed by atoms with Gasteiger partial charge in [-0.1, -0.05) is 12.1 Å². The standard InChI is InChI=1S/C14H14FN3S/c15-11-3-1-2-10(6-11)7-12(16)8-13-9-18-4-5-19-14(18)17-13/h1-6,9,12H,7-8,16H2. The number of imidazole rings is 1. The molecule has 2 N–H and O–H groups in total. The van der Waals surface area contributed by atoms with Crippen molar-refractivity contribution in [2.45, 2.75) is 18.9 Å². The number of nitrogens with zero attached hydrogens (tertiary/aromatic N) is 2. The van der Waals surface area contributed by atoms with Gasteiger partial charge in [0, 0.05) is 30.2 Å². The highest BCUT2D eigenvalue weighted by atomic mass is 32.1. The molecule has 1 unspecified atom stereocenters. The average molecular weight is 275 g/mol. The van der Waals surface area contributed by atoms with Crippen molar-refractivity contribution in [3.8, 4) is 0 Å². The SMILES string of the molecule is NC(Cc1cccc(F)c1)Cc1cn2ccsc2n1. The Hall–Kier alpha value is -1.72. The van der Waals surface area contributed by atoms with Crippen molar-refractivity contribution < 1.29 is 4.39 Å². The van der Waals surface area contributed by atoms with Gasteiger partial charge in [0.05, 0.1) is 5.69 Å². The number of fused-ring (bicyclic) bond motifs is 1. The van der Waals surface area contributed by atoms with Crippen molar-refractivity contribution in [3.63, 3.8) is 0 Å². The van der Waals surface area contributed by atoms with Crippen molar-refractivity contribution in [3.05, 3.63) is 59.1 Å². The normalized spacial score (nSPS) is 12.9. The van der Waals surface area contributed by atoms with Gasteiger partial charge >= 0.3 is 0 Å². The molecule has 2 aromatic heterocycles. The number of hydrogen-bond acceptors (Lipinski definition) is 3. The molecule has 0 spiro atoms. The zero-order chi connectivity index (χ0) is 13.2. The molecular formula is C14H14FN3S. The van der Waals surface area contributed by atoms with Gasteiger partial charge in [0.1, 0.15) is 5.82 Å². The minimum atomic E-state index is -0.216. The highest BCUT2D eigenvalue weighted by Crippen LogP contribution is 2.13. The number of halogens is 1. The van der Waals surface area contributed by atoms with E-state index >= 15 is 0 Å². The Bertz CT molecular complexity index is 660. The minimum absolute atomic E-state index is 0.0496. The third kappa shape index (κ3) is 2.83. The molecule has 0 aliphatic heterocycles. The largest absolute Gasteiger partial charge is 0.327 e. The molecule has 0 aliphatic rings. The molecule has 3 rings (SSSR count). The van der Waals surface area contributed by atoms with E-state index in [1.165, 1.54) is 12.1 Å². The first-order valence-corrected chi connectivity index (χ1v) is 7.00. The lowest BCUT2D eigenvalue weighted by Crippen LogP contribution is -2.25. The number of thiazole rings is 1. The summed E-state index contributed by atoms with van der Waals surface area (Å²) in [5.74, 6) is -0.216. The second-order valence-corrected chi connectivity index (χ2v) is 5.50. The summed E-state index contributed by atoms with van der Waals surface area (Å²) < 4.78 is 15.1. The van der Waals surface area contributed by atoms with Gasteiger partial charge in [-0.05, 0) is 24.1 Å². The topological polar surface area (TPSA) is 43.3 Å². The van der Waals surface area contributed by atoms with E-state index in [0.717, 1.165) is 16.2 Å². The van der Waals surface area contributed by atoms with E-state index in [1.54, 1.807) is 17.4 Å². The highest BCUT2D eigenvalue weighted by molar-refractivity contribution is 7.15. The predicted octanol–water partition coefficient (Wildman–Crippen LogP) is 2.65. The Labute approximate surface area is 114 Å². The first-order valence-electron chi connectivity index (χ1n) is 6.12. The molecule has 3 nitrogen and oxygen atoms in total. The molecule has 0 fully saturated rings. The van der Waals surface area contributed by atoms with Gasteiger partial charge in [0.25, 0.3) is 0 Å². The van der Waals surface area contributed by atoms with Gasteiger partial charge in [-0.2, -0.15) is 0 Å². The van der Waals surface area contributed by atoms with Crippen molar-refractivity contribution in [2.24, 2.45) is 5.73 Å². The second kappa shape index (κ2) is 5.11. The molecule has 1 atom stereocenters. The lowest BCUT2D eigenvalue weighted by molar-refractivity contribution is 0.617. The lowest BCUT2D eigenvalue weighted by atomic mass is 10.0. The van der Waals surface area contributed by atoms with Crippen LogP contribution in [0.3, 0.4) is 0 Å². The number of hydrogen-bond donors (Lipinski definition) is 1. The Balaban J connectivity index is 1.68. The van der Waals surface area contributed by atoms with Crippen molar-refractivity contribution in [1.82, 2.24) is 9.38 Å². The van der Waals surface area contributed by atoms with Crippen LogP contribution in [-0.2, 0) is 12.8 Å². The third-order valence-electron chi connectivity index (χ3n) is 3.00. The summed E-state index contributed by atoms with van der Waals surface area (Å²) >= 11 is 1.60. The van der Waals surface area contributed by atoms with Crippen LogP contribution in [0.25, 0.3) is 4.96 Å². The van der Waals surface area contributed by atoms with Crippen LogP contribution in [0.1, 0.15) is 11.3 Å². The van der Waals surface area contributed by atoms with Gasteiger partial charge in [0.15, 0.2) is 4.96 Å². The molecule has 0 amide bonds. The summed E-state index contributed by atoms with van der Waals surface area (Å²) in [5, 5.41) is 2.00. The third-order valence-corrected chi connectivity index (χ3v) is 3.77. The zero-order valence-electron chi connectivity index (χ0n) is 10.3. The van der Waals surface area contributed by atoms with Crippen LogP contribution in [0.4, 0.5) is 4.39 Å². The molecule has 0 saturated carbocycles. The van der Waals surface area contributed by atoms with E-state index in [9.17, 15) is 4.39 Å². The molecule has 3 aromatic rings. The summed E-state index contributed by atoms with van der Waals surface area (Å²) in [5.41, 5.74) is 8.02. The maximum atomic E-state index is 13.1. The van der Waals surface area contributed by atoms with Crippen LogP contribution in [0, 0.1) is 5.82 Å². The molecule has 0 saturated heterocycles. The number of nitrogens with two attached hydrogens (primary N) is 1. The molecule has 2 heterocycles. The summed E-state index contributed by atoms with van der Waals surface area (Å²) in [6.07, 6.45) is 5.33. The molecule has 5 heteroatoms. The second-order valence-electron chi connectivity index (χ2n) is 4.62. The van der Waals surface area contributed by atoms with Crippen molar-refractivity contribution in [2.75, 3.05) is 0 Å². The van der Waals surface area contributed by atoms with E-state index in [2.05, 4.69) is 4.98 Å². The Kier molecular flexibility index (Phi) is 3.31. The minimum Gasteiger partial charge on any atom is -0.327 e. The van der Waals surface area contributed by atoms with Crippen LogP contribution in [0.2, 0.25) is 0 Å². The molecule has 1 aromatic carbocycles. The van der Waals surface area contributed by atoms with E-state index in [4.69, 9.17) is 5.73 Å². The Morgan fingerprint density at radius 1 is 1.37 bits per heavy atom. The van der Waals surface area contributed by atoms with E-state index < -0.39 is 0 Å². The maximum absolute atomic E-state index is 13.1. The van der Waals surface area contributed by atoms with E-state index in [-0.39, 0.29) is 11.9 Å². The Morgan fingerprint density at radius 2 is 2.26 bits per heavy atom. The fraction of sp³-hybridized carbons (Fsp3) is 0.214. The average Bonchev–Trinajstić information content (AvgIpc) is 2.89. The van der Waals surface area contributed by atoms with Gasteiger partial charge in [-0.3, -0.25) is 4.40 Å². The Morgan fingerprint density at radius 3 is 3.05 bits per heavy atom. The van der Waals surface area contributed by atoms with Gasteiger partial charge < -0.3 is 5.73 Å². The van der Waals surface area contributed by atoms with Crippen molar-refractivity contribution in [1.29, 1.82) is 0 Å². The van der Waals surface area contributed by atoms with Gasteiger partial charge in [-0.15, -0.1) is 11.3 Å². The van der Waals surface area contributed by atoms with Crippen molar-refractivity contribution >= 4 is 16.3 Å². The summed E-state index contributed by atoms with van der Waals surface area (Å²) in [6.45, 7) is 0. The molecule has 0 radical (unpaired) electrons. The summed E-state index contributed by atoms with van der Waals surface area (Å²) in [4.78, 5) is 5.48. The van der Waals surface area contributed by atoms with Crippen LogP contribution in [-0.4, -0.2) is 15.4 Å². The monoisotopic (exact) mass is 275 g/mol. The van der Waals surface area contributed by atoms with Crippen LogP contribution >= 0.6 is 11.3 Å². The van der Waals surface area contributed by atoms with Gasteiger partial charge in [-0.25, -0.2) is 9.37 Å². The lowest BCUT2D eigenvalue weighted by Gasteiger charge is -2.09.